The molecule has 1 heterocycles. The molecule has 1 unspecified atom stereocenters. The topological polar surface area (TPSA) is 49.4 Å². The highest BCUT2D eigenvalue weighted by Gasteiger charge is 2.45. The minimum Gasteiger partial charge on any atom is -0.324 e. The van der Waals surface area contributed by atoms with E-state index >= 15 is 0 Å². The first-order valence-electron chi connectivity index (χ1n) is 5.84. The van der Waals surface area contributed by atoms with E-state index in [-0.39, 0.29) is 23.3 Å². The van der Waals surface area contributed by atoms with E-state index in [9.17, 15) is 9.59 Å². The zero-order valence-corrected chi connectivity index (χ0v) is 12.1. The van der Waals surface area contributed by atoms with Gasteiger partial charge in [0, 0.05) is 6.54 Å². The Morgan fingerprint density at radius 2 is 1.88 bits per heavy atom. The van der Waals surface area contributed by atoms with Gasteiger partial charge in [0.25, 0.3) is 5.91 Å². The lowest BCUT2D eigenvalue weighted by molar-refractivity contribution is -0.130. The van der Waals surface area contributed by atoms with Gasteiger partial charge in [-0.25, -0.2) is 4.79 Å². The Kier molecular flexibility index (Phi) is 3.81. The summed E-state index contributed by atoms with van der Waals surface area (Å²) in [4.78, 5) is 25.1. The van der Waals surface area contributed by atoms with Crippen LogP contribution in [-0.2, 0) is 4.79 Å². The molecule has 0 radical (unpaired) electrons. The number of hydrogen-bond donors (Lipinski definition) is 2. The second kappa shape index (κ2) is 4.52. The van der Waals surface area contributed by atoms with Crippen LogP contribution in [0.4, 0.5) is 4.79 Å². The van der Waals surface area contributed by atoms with Crippen molar-refractivity contribution in [3.63, 3.8) is 0 Å². The average Bonchev–Trinajstić information content (AvgIpc) is 2.32. The maximum atomic E-state index is 12.0. The molecule has 1 N–H and O–H groups in total. The number of imide groups is 1. The monoisotopic (exact) mass is 258 g/mol. The number of carbonyl (C=O) groups excluding carboxylic acids is 2. The normalized spacial score (nSPS) is 21.6. The molecule has 1 saturated heterocycles. The first-order chi connectivity index (χ1) is 7.59. The SMILES string of the molecule is CC1(C)NC(=O)N(CC(CS)C(C)(C)C)C1=O. The van der Waals surface area contributed by atoms with Crippen molar-refractivity contribution in [2.45, 2.75) is 40.2 Å². The molecule has 0 aromatic carbocycles. The van der Waals surface area contributed by atoms with Crippen LogP contribution in [0.1, 0.15) is 34.6 Å². The lowest BCUT2D eigenvalue weighted by Crippen LogP contribution is -2.42. The average molecular weight is 258 g/mol. The first kappa shape index (κ1) is 14.4. The van der Waals surface area contributed by atoms with Crippen LogP contribution in [-0.4, -0.2) is 34.7 Å². The van der Waals surface area contributed by atoms with Crippen molar-refractivity contribution in [2.24, 2.45) is 11.3 Å². The number of nitrogens with one attached hydrogen (secondary N) is 1. The molecule has 3 amide bonds. The molecule has 4 nitrogen and oxygen atoms in total. The van der Waals surface area contributed by atoms with E-state index in [4.69, 9.17) is 0 Å². The van der Waals surface area contributed by atoms with Crippen LogP contribution in [0, 0.1) is 11.3 Å². The lowest BCUT2D eigenvalue weighted by Gasteiger charge is -2.32. The van der Waals surface area contributed by atoms with Gasteiger partial charge in [-0.3, -0.25) is 9.69 Å². The van der Waals surface area contributed by atoms with Crippen LogP contribution < -0.4 is 5.32 Å². The van der Waals surface area contributed by atoms with E-state index < -0.39 is 5.54 Å². The summed E-state index contributed by atoms with van der Waals surface area (Å²) in [7, 11) is 0. The fourth-order valence-electron chi connectivity index (χ4n) is 1.81. The highest BCUT2D eigenvalue weighted by molar-refractivity contribution is 7.80. The van der Waals surface area contributed by atoms with Crippen LogP contribution in [0.5, 0.6) is 0 Å². The fraction of sp³-hybridized carbons (Fsp3) is 0.833. The number of nitrogens with zero attached hydrogens (tertiary/aromatic N) is 1. The predicted octanol–water partition coefficient (Wildman–Crippen LogP) is 1.91. The number of hydrogen-bond acceptors (Lipinski definition) is 3. The summed E-state index contributed by atoms with van der Waals surface area (Å²) >= 11 is 4.31. The van der Waals surface area contributed by atoms with E-state index in [0.717, 1.165) is 0 Å². The van der Waals surface area contributed by atoms with Gasteiger partial charge in [0.2, 0.25) is 0 Å². The predicted molar refractivity (Wildman–Crippen MR) is 71.1 cm³/mol. The van der Waals surface area contributed by atoms with E-state index in [1.807, 2.05) is 0 Å². The molecule has 17 heavy (non-hydrogen) atoms. The van der Waals surface area contributed by atoms with E-state index in [1.165, 1.54) is 4.90 Å². The van der Waals surface area contributed by atoms with Gasteiger partial charge >= 0.3 is 6.03 Å². The second-order valence-corrected chi connectivity index (χ2v) is 6.58. The standard InChI is InChI=1S/C12H22N2O2S/c1-11(2,3)8(7-17)6-14-9(15)12(4,5)13-10(14)16/h8,17H,6-7H2,1-5H3,(H,13,16). The minimum absolute atomic E-state index is 0.0229. The number of rotatable bonds is 3. The van der Waals surface area contributed by atoms with Crippen LogP contribution in [0.25, 0.3) is 0 Å². The Bertz CT molecular complexity index is 334. The Morgan fingerprint density at radius 3 is 2.18 bits per heavy atom. The number of urea groups is 1. The Hall–Kier alpha value is -0.710. The van der Waals surface area contributed by atoms with Gasteiger partial charge < -0.3 is 5.32 Å². The van der Waals surface area contributed by atoms with Crippen molar-refractivity contribution >= 4 is 24.6 Å². The van der Waals surface area contributed by atoms with Gasteiger partial charge in [-0.05, 0) is 30.9 Å². The molecule has 1 aliphatic rings. The van der Waals surface area contributed by atoms with Crippen molar-refractivity contribution in [1.29, 1.82) is 0 Å². The molecule has 0 saturated carbocycles. The molecule has 1 aliphatic heterocycles. The molecule has 98 valence electrons. The minimum atomic E-state index is -0.782. The maximum Gasteiger partial charge on any atom is 0.325 e. The first-order valence-corrected chi connectivity index (χ1v) is 6.48. The second-order valence-electron chi connectivity index (χ2n) is 6.22. The van der Waals surface area contributed by atoms with Gasteiger partial charge in [0.1, 0.15) is 5.54 Å². The summed E-state index contributed by atoms with van der Waals surface area (Å²) in [6.45, 7) is 10.2. The fourth-order valence-corrected chi connectivity index (χ4v) is 2.47. The maximum absolute atomic E-state index is 12.0. The summed E-state index contributed by atoms with van der Waals surface area (Å²) in [5, 5.41) is 2.69. The molecule has 1 atom stereocenters. The molecule has 0 aromatic rings. The van der Waals surface area contributed by atoms with Crippen LogP contribution in [0.3, 0.4) is 0 Å². The molecule has 0 aromatic heterocycles. The van der Waals surface area contributed by atoms with E-state index in [0.29, 0.717) is 12.3 Å². The number of thiol groups is 1. The van der Waals surface area contributed by atoms with E-state index in [2.05, 4.69) is 38.7 Å². The largest absolute Gasteiger partial charge is 0.325 e. The third-order valence-electron chi connectivity index (χ3n) is 3.29. The highest BCUT2D eigenvalue weighted by Crippen LogP contribution is 2.29. The number of carbonyl (C=O) groups is 2. The van der Waals surface area contributed by atoms with Crippen LogP contribution in [0.15, 0.2) is 0 Å². The zero-order valence-electron chi connectivity index (χ0n) is 11.2. The summed E-state index contributed by atoms with van der Waals surface area (Å²) < 4.78 is 0. The van der Waals surface area contributed by atoms with Gasteiger partial charge in [-0.15, -0.1) is 0 Å². The summed E-state index contributed by atoms with van der Waals surface area (Å²) in [5.74, 6) is 0.689. The zero-order chi connectivity index (χ0) is 13.4. The molecule has 0 bridgehead atoms. The Labute approximate surface area is 109 Å². The molecule has 0 aliphatic carbocycles. The van der Waals surface area contributed by atoms with Gasteiger partial charge in [0.15, 0.2) is 0 Å². The van der Waals surface area contributed by atoms with Crippen LogP contribution in [0.2, 0.25) is 0 Å². The van der Waals surface area contributed by atoms with Crippen molar-refractivity contribution in [1.82, 2.24) is 10.2 Å². The molecular weight excluding hydrogens is 236 g/mol. The summed E-state index contributed by atoms with van der Waals surface area (Å²) in [6, 6.07) is -0.295. The van der Waals surface area contributed by atoms with Gasteiger partial charge in [-0.1, -0.05) is 20.8 Å². The Morgan fingerprint density at radius 1 is 1.35 bits per heavy atom. The Balaban J connectivity index is 2.82. The molecular formula is C12H22N2O2S. The van der Waals surface area contributed by atoms with E-state index in [1.54, 1.807) is 13.8 Å². The summed E-state index contributed by atoms with van der Waals surface area (Å²) in [5.41, 5.74) is -0.759. The molecule has 1 fully saturated rings. The summed E-state index contributed by atoms with van der Waals surface area (Å²) in [6.07, 6.45) is 0. The van der Waals surface area contributed by atoms with Gasteiger partial charge in [0.05, 0.1) is 0 Å². The third kappa shape index (κ3) is 2.94. The molecule has 5 heteroatoms. The van der Waals surface area contributed by atoms with Crippen molar-refractivity contribution in [2.75, 3.05) is 12.3 Å². The third-order valence-corrected chi connectivity index (χ3v) is 3.73. The quantitative estimate of drug-likeness (QED) is 0.600. The lowest BCUT2D eigenvalue weighted by atomic mass is 9.81. The van der Waals surface area contributed by atoms with Crippen LogP contribution >= 0.6 is 12.6 Å². The van der Waals surface area contributed by atoms with Gasteiger partial charge in [-0.2, -0.15) is 12.6 Å². The smallest absolute Gasteiger partial charge is 0.324 e. The molecule has 1 rings (SSSR count). The van der Waals surface area contributed by atoms with Crippen molar-refractivity contribution in [3.8, 4) is 0 Å². The number of amides is 3. The highest BCUT2D eigenvalue weighted by atomic mass is 32.1. The van der Waals surface area contributed by atoms with Crippen molar-refractivity contribution < 1.29 is 9.59 Å². The van der Waals surface area contributed by atoms with Crippen molar-refractivity contribution in [3.05, 3.63) is 0 Å². The molecule has 0 spiro atoms.